The average molecular weight is 411 g/mol. The molecule has 3 rings (SSSR count). The molecule has 1 N–H and O–H groups in total. The third-order valence-corrected chi connectivity index (χ3v) is 5.45. The summed E-state index contributed by atoms with van der Waals surface area (Å²) in [5.74, 6) is -4.47. The lowest BCUT2D eigenvalue weighted by atomic mass is 9.83. The van der Waals surface area contributed by atoms with Gasteiger partial charge in [0.25, 0.3) is 0 Å². The lowest BCUT2D eigenvalue weighted by molar-refractivity contribution is -0.141. The number of pyridine rings is 1. The van der Waals surface area contributed by atoms with Crippen molar-refractivity contribution in [1.29, 1.82) is 0 Å². The van der Waals surface area contributed by atoms with Gasteiger partial charge in [0.1, 0.15) is 10.8 Å². The van der Waals surface area contributed by atoms with Crippen LogP contribution in [0.5, 0.6) is 0 Å². The van der Waals surface area contributed by atoms with Crippen molar-refractivity contribution in [3.05, 3.63) is 33.7 Å². The minimum Gasteiger partial charge on any atom is -0.478 e. The van der Waals surface area contributed by atoms with E-state index in [2.05, 4.69) is 4.98 Å². The van der Waals surface area contributed by atoms with Gasteiger partial charge in [-0.25, -0.2) is 18.6 Å². The molecule has 2 heterocycles. The van der Waals surface area contributed by atoms with Crippen LogP contribution in [0.25, 0.3) is 5.65 Å². The standard InChI is InChI=1S/C17H16ClF5N2O2/c1-8-10(15(26)27)7-12-24-13(17(21,22)23)11(25(12)14(8)18)6-9-2-4-16(19,20)5-3-9/h7,9H,2-6H2,1H3,(H,26,27). The van der Waals surface area contributed by atoms with Crippen LogP contribution in [-0.2, 0) is 12.6 Å². The van der Waals surface area contributed by atoms with E-state index in [4.69, 9.17) is 11.6 Å². The van der Waals surface area contributed by atoms with Crippen LogP contribution in [0.4, 0.5) is 22.0 Å². The molecule has 2 aromatic heterocycles. The van der Waals surface area contributed by atoms with Crippen LogP contribution in [0.15, 0.2) is 6.07 Å². The number of imidazole rings is 1. The smallest absolute Gasteiger partial charge is 0.435 e. The molecule has 1 saturated carbocycles. The van der Waals surface area contributed by atoms with Crippen molar-refractivity contribution in [3.8, 4) is 0 Å². The van der Waals surface area contributed by atoms with Crippen LogP contribution in [0.3, 0.4) is 0 Å². The van der Waals surface area contributed by atoms with Crippen LogP contribution < -0.4 is 0 Å². The van der Waals surface area contributed by atoms with Crippen LogP contribution in [0.2, 0.25) is 5.15 Å². The summed E-state index contributed by atoms with van der Waals surface area (Å²) in [7, 11) is 0. The second-order valence-corrected chi connectivity index (χ2v) is 7.24. The average Bonchev–Trinajstić information content (AvgIpc) is 2.91. The quantitative estimate of drug-likeness (QED) is 0.546. The van der Waals surface area contributed by atoms with Gasteiger partial charge in [0.2, 0.25) is 5.92 Å². The zero-order chi connectivity index (χ0) is 20.1. The lowest BCUT2D eigenvalue weighted by Crippen LogP contribution is -2.26. The Labute approximate surface area is 155 Å². The van der Waals surface area contributed by atoms with Crippen molar-refractivity contribution in [2.45, 2.75) is 51.1 Å². The summed E-state index contributed by atoms with van der Waals surface area (Å²) in [6.45, 7) is 1.39. The monoisotopic (exact) mass is 410 g/mol. The van der Waals surface area contributed by atoms with Gasteiger partial charge in [0, 0.05) is 12.8 Å². The third-order valence-electron chi connectivity index (χ3n) is 5.00. The Morgan fingerprint density at radius 3 is 2.48 bits per heavy atom. The fraction of sp³-hybridized carbons (Fsp3) is 0.529. The van der Waals surface area contributed by atoms with Gasteiger partial charge >= 0.3 is 12.1 Å². The van der Waals surface area contributed by atoms with Crippen molar-refractivity contribution in [1.82, 2.24) is 9.38 Å². The van der Waals surface area contributed by atoms with Gasteiger partial charge in [0.05, 0.1) is 11.3 Å². The second kappa shape index (κ2) is 6.61. The van der Waals surface area contributed by atoms with Crippen molar-refractivity contribution in [2.75, 3.05) is 0 Å². The number of halogens is 6. The van der Waals surface area contributed by atoms with Crippen LogP contribution in [0.1, 0.15) is 53.0 Å². The molecule has 1 aliphatic rings. The SMILES string of the molecule is Cc1c(C(=O)O)cc2nc(C(F)(F)F)c(CC3CCC(F)(F)CC3)n2c1Cl. The summed E-state index contributed by atoms with van der Waals surface area (Å²) in [5, 5.41) is 9.03. The zero-order valence-electron chi connectivity index (χ0n) is 14.2. The summed E-state index contributed by atoms with van der Waals surface area (Å²) in [5.41, 5.74) is -1.75. The van der Waals surface area contributed by atoms with Crippen molar-refractivity contribution in [2.24, 2.45) is 5.92 Å². The molecule has 1 fully saturated rings. The molecule has 1 aliphatic carbocycles. The number of hydrogen-bond donors (Lipinski definition) is 1. The van der Waals surface area contributed by atoms with Crippen LogP contribution in [-0.4, -0.2) is 26.4 Å². The van der Waals surface area contributed by atoms with Crippen molar-refractivity contribution >= 4 is 23.2 Å². The molecule has 0 bridgehead atoms. The fourth-order valence-electron chi connectivity index (χ4n) is 3.52. The molecule has 0 radical (unpaired) electrons. The maximum Gasteiger partial charge on any atom is 0.435 e. The second-order valence-electron chi connectivity index (χ2n) is 6.88. The first-order chi connectivity index (χ1) is 12.4. The predicted molar refractivity (Wildman–Crippen MR) is 87.5 cm³/mol. The molecule has 0 spiro atoms. The van der Waals surface area contributed by atoms with Gasteiger partial charge in [-0.1, -0.05) is 11.6 Å². The molecule has 27 heavy (non-hydrogen) atoms. The first-order valence-corrected chi connectivity index (χ1v) is 8.67. The molecule has 0 unspecified atom stereocenters. The Morgan fingerprint density at radius 1 is 1.37 bits per heavy atom. The highest BCUT2D eigenvalue weighted by Gasteiger charge is 2.41. The number of carbonyl (C=O) groups is 1. The van der Waals surface area contributed by atoms with Crippen LogP contribution in [0, 0.1) is 12.8 Å². The number of nitrogens with zero attached hydrogens (tertiary/aromatic N) is 2. The van der Waals surface area contributed by atoms with E-state index in [0.717, 1.165) is 10.5 Å². The first-order valence-electron chi connectivity index (χ1n) is 8.29. The van der Waals surface area contributed by atoms with E-state index in [9.17, 15) is 31.9 Å². The Balaban J connectivity index is 2.12. The Morgan fingerprint density at radius 2 is 1.96 bits per heavy atom. The highest BCUT2D eigenvalue weighted by Crippen LogP contribution is 2.40. The highest BCUT2D eigenvalue weighted by molar-refractivity contribution is 6.31. The van der Waals surface area contributed by atoms with E-state index in [0.29, 0.717) is 0 Å². The number of carboxylic acids is 1. The fourth-order valence-corrected chi connectivity index (χ4v) is 3.81. The Kier molecular flexibility index (Phi) is 4.86. The molecule has 10 heteroatoms. The molecule has 4 nitrogen and oxygen atoms in total. The number of aromatic nitrogens is 2. The summed E-state index contributed by atoms with van der Waals surface area (Å²) >= 11 is 6.18. The number of alkyl halides is 5. The predicted octanol–water partition coefficient (Wildman–Crippen LogP) is 5.38. The van der Waals surface area contributed by atoms with Gasteiger partial charge in [-0.15, -0.1) is 0 Å². The molecular weight excluding hydrogens is 395 g/mol. The van der Waals surface area contributed by atoms with Crippen molar-refractivity contribution < 1.29 is 31.9 Å². The molecule has 0 atom stereocenters. The van der Waals surface area contributed by atoms with Gasteiger partial charge in [-0.3, -0.25) is 4.40 Å². The van der Waals surface area contributed by atoms with Gasteiger partial charge in [-0.05, 0) is 43.7 Å². The van der Waals surface area contributed by atoms with Gasteiger partial charge in [0.15, 0.2) is 5.69 Å². The number of rotatable bonds is 3. The molecule has 0 aromatic carbocycles. The number of hydrogen-bond acceptors (Lipinski definition) is 2. The summed E-state index contributed by atoms with van der Waals surface area (Å²) in [6, 6.07) is 1.04. The Bertz CT molecular complexity index is 897. The maximum atomic E-state index is 13.5. The van der Waals surface area contributed by atoms with E-state index in [1.54, 1.807) is 0 Å². The van der Waals surface area contributed by atoms with Gasteiger partial charge in [-0.2, -0.15) is 13.2 Å². The maximum absolute atomic E-state index is 13.5. The minimum absolute atomic E-state index is 0.0986. The Hall–Kier alpha value is -1.90. The molecule has 148 valence electrons. The summed E-state index contributed by atoms with van der Waals surface area (Å²) in [4.78, 5) is 14.9. The number of carboxylic acid groups (broad SMARTS) is 1. The minimum atomic E-state index is -4.78. The molecule has 2 aromatic rings. The van der Waals surface area contributed by atoms with E-state index < -0.39 is 23.8 Å². The van der Waals surface area contributed by atoms with Crippen LogP contribution >= 0.6 is 11.6 Å². The third kappa shape index (κ3) is 3.74. The van der Waals surface area contributed by atoms with Crippen molar-refractivity contribution in [3.63, 3.8) is 0 Å². The van der Waals surface area contributed by atoms with E-state index >= 15 is 0 Å². The molecule has 0 aliphatic heterocycles. The topological polar surface area (TPSA) is 54.6 Å². The number of aromatic carboxylic acids is 1. The van der Waals surface area contributed by atoms with E-state index in [1.165, 1.54) is 6.92 Å². The first kappa shape index (κ1) is 19.9. The molecular formula is C17H16ClF5N2O2. The zero-order valence-corrected chi connectivity index (χ0v) is 15.0. The number of fused-ring (bicyclic) bond motifs is 1. The van der Waals surface area contributed by atoms with E-state index in [1.807, 2.05) is 0 Å². The summed E-state index contributed by atoms with van der Waals surface area (Å²) in [6.07, 6.45) is -5.43. The normalized spacial score (nSPS) is 18.2. The lowest BCUT2D eigenvalue weighted by Gasteiger charge is -2.28. The largest absolute Gasteiger partial charge is 0.478 e. The van der Waals surface area contributed by atoms with E-state index in [-0.39, 0.29) is 65.6 Å². The van der Waals surface area contributed by atoms with Gasteiger partial charge < -0.3 is 5.11 Å². The molecule has 0 amide bonds. The molecule has 0 saturated heterocycles. The summed E-state index contributed by atoms with van der Waals surface area (Å²) < 4.78 is 68.3. The highest BCUT2D eigenvalue weighted by atomic mass is 35.5.